The van der Waals surface area contributed by atoms with Crippen molar-refractivity contribution in [3.8, 4) is 0 Å². The molecular formula is C10H11F3N2O. The number of amides is 2. The quantitative estimate of drug-likeness (QED) is 0.808. The Labute approximate surface area is 90.4 Å². The molecule has 2 amide bonds. The zero-order valence-corrected chi connectivity index (χ0v) is 8.51. The number of benzene rings is 1. The molecule has 0 radical (unpaired) electrons. The minimum Gasteiger partial charge on any atom is -0.352 e. The molecule has 0 spiro atoms. The largest absolute Gasteiger partial charge is 0.416 e. The van der Waals surface area contributed by atoms with E-state index in [9.17, 15) is 18.0 Å². The molecule has 0 aliphatic rings. The van der Waals surface area contributed by atoms with Crippen molar-refractivity contribution in [1.29, 1.82) is 0 Å². The fourth-order valence-electron chi connectivity index (χ4n) is 1.26. The van der Waals surface area contributed by atoms with Gasteiger partial charge in [-0.25, -0.2) is 4.79 Å². The van der Waals surface area contributed by atoms with Gasteiger partial charge in [-0.2, -0.15) is 13.2 Å². The van der Waals surface area contributed by atoms with E-state index in [1.807, 2.05) is 0 Å². The van der Waals surface area contributed by atoms with Gasteiger partial charge in [-0.3, -0.25) is 0 Å². The molecular weight excluding hydrogens is 221 g/mol. The van der Waals surface area contributed by atoms with Gasteiger partial charge in [0, 0.05) is 0 Å². The standard InChI is InChI=1S/C10H11F3N2O/c1-6(15-9(14)16)7-2-4-8(5-3-7)10(11,12)13/h2-6H,1H3,(H3,14,15,16). The Morgan fingerprint density at radius 2 is 1.81 bits per heavy atom. The first-order valence-electron chi connectivity index (χ1n) is 4.54. The molecule has 0 saturated heterocycles. The van der Waals surface area contributed by atoms with E-state index in [-0.39, 0.29) is 0 Å². The van der Waals surface area contributed by atoms with Crippen LogP contribution in [0.5, 0.6) is 0 Å². The maximum atomic E-state index is 12.2. The van der Waals surface area contributed by atoms with Crippen LogP contribution in [-0.2, 0) is 6.18 Å². The second-order valence-electron chi connectivity index (χ2n) is 3.35. The van der Waals surface area contributed by atoms with Crippen LogP contribution in [0.3, 0.4) is 0 Å². The van der Waals surface area contributed by atoms with Gasteiger partial charge >= 0.3 is 12.2 Å². The van der Waals surface area contributed by atoms with Crippen LogP contribution in [0.25, 0.3) is 0 Å². The predicted molar refractivity (Wildman–Crippen MR) is 52.6 cm³/mol. The van der Waals surface area contributed by atoms with Crippen LogP contribution in [-0.4, -0.2) is 6.03 Å². The zero-order valence-electron chi connectivity index (χ0n) is 8.51. The van der Waals surface area contributed by atoms with Gasteiger partial charge in [-0.15, -0.1) is 0 Å². The summed E-state index contributed by atoms with van der Waals surface area (Å²) < 4.78 is 36.7. The van der Waals surface area contributed by atoms with Crippen molar-refractivity contribution in [2.75, 3.05) is 0 Å². The van der Waals surface area contributed by atoms with Gasteiger partial charge in [-0.05, 0) is 24.6 Å². The van der Waals surface area contributed by atoms with E-state index in [0.717, 1.165) is 12.1 Å². The Balaban J connectivity index is 2.83. The van der Waals surface area contributed by atoms with Crippen LogP contribution >= 0.6 is 0 Å². The Hall–Kier alpha value is -1.72. The summed E-state index contributed by atoms with van der Waals surface area (Å²) in [7, 11) is 0. The molecule has 1 aromatic carbocycles. The summed E-state index contributed by atoms with van der Waals surface area (Å²) in [6.07, 6.45) is -4.35. The topological polar surface area (TPSA) is 55.1 Å². The molecule has 0 aliphatic carbocycles. The van der Waals surface area contributed by atoms with E-state index in [2.05, 4.69) is 5.32 Å². The van der Waals surface area contributed by atoms with Gasteiger partial charge in [0.25, 0.3) is 0 Å². The smallest absolute Gasteiger partial charge is 0.352 e. The Morgan fingerprint density at radius 1 is 1.31 bits per heavy atom. The molecule has 1 rings (SSSR count). The van der Waals surface area contributed by atoms with Crippen LogP contribution in [0.2, 0.25) is 0 Å². The Morgan fingerprint density at radius 3 is 2.19 bits per heavy atom. The molecule has 0 aromatic heterocycles. The van der Waals surface area contributed by atoms with Gasteiger partial charge in [0.2, 0.25) is 0 Å². The summed E-state index contributed by atoms with van der Waals surface area (Å²) in [5, 5.41) is 2.37. The Kier molecular flexibility index (Phi) is 3.41. The number of alkyl halides is 3. The number of hydrogen-bond donors (Lipinski definition) is 2. The SMILES string of the molecule is CC(NC(N)=O)c1ccc(C(F)(F)F)cc1. The third kappa shape index (κ3) is 3.15. The van der Waals surface area contributed by atoms with Crippen molar-refractivity contribution >= 4 is 6.03 Å². The molecule has 6 heteroatoms. The summed E-state index contributed by atoms with van der Waals surface area (Å²) in [4.78, 5) is 10.5. The molecule has 1 atom stereocenters. The number of primary amides is 1. The molecule has 1 unspecified atom stereocenters. The lowest BCUT2D eigenvalue weighted by atomic mass is 10.1. The van der Waals surface area contributed by atoms with Gasteiger partial charge in [-0.1, -0.05) is 12.1 Å². The zero-order chi connectivity index (χ0) is 12.3. The molecule has 3 N–H and O–H groups in total. The van der Waals surface area contributed by atoms with E-state index in [0.29, 0.717) is 5.56 Å². The van der Waals surface area contributed by atoms with Crippen LogP contribution in [0.15, 0.2) is 24.3 Å². The predicted octanol–water partition coefficient (Wildman–Crippen LogP) is 2.43. The lowest BCUT2D eigenvalue weighted by Gasteiger charge is -2.13. The summed E-state index contributed by atoms with van der Waals surface area (Å²) in [6.45, 7) is 1.63. The number of nitrogens with one attached hydrogen (secondary N) is 1. The highest BCUT2D eigenvalue weighted by Crippen LogP contribution is 2.29. The van der Waals surface area contributed by atoms with Crippen LogP contribution < -0.4 is 11.1 Å². The average Bonchev–Trinajstić information content (AvgIpc) is 2.15. The minimum absolute atomic E-state index is 0.417. The van der Waals surface area contributed by atoms with E-state index >= 15 is 0 Å². The summed E-state index contributed by atoms with van der Waals surface area (Å²) in [5.41, 5.74) is 4.74. The molecule has 1 aromatic rings. The highest BCUT2D eigenvalue weighted by atomic mass is 19.4. The van der Waals surface area contributed by atoms with E-state index in [1.54, 1.807) is 6.92 Å². The van der Waals surface area contributed by atoms with Gasteiger partial charge in [0.15, 0.2) is 0 Å². The van der Waals surface area contributed by atoms with Crippen molar-refractivity contribution in [2.45, 2.75) is 19.1 Å². The fourth-order valence-corrected chi connectivity index (χ4v) is 1.26. The number of rotatable bonds is 2. The molecule has 0 saturated carbocycles. The Bertz CT molecular complexity index is 373. The van der Waals surface area contributed by atoms with E-state index in [1.165, 1.54) is 12.1 Å². The number of hydrogen-bond acceptors (Lipinski definition) is 1. The maximum Gasteiger partial charge on any atom is 0.416 e. The van der Waals surface area contributed by atoms with Gasteiger partial charge in [0.1, 0.15) is 0 Å². The molecule has 3 nitrogen and oxygen atoms in total. The lowest BCUT2D eigenvalue weighted by Crippen LogP contribution is -2.31. The van der Waals surface area contributed by atoms with Crippen LogP contribution in [0.4, 0.5) is 18.0 Å². The van der Waals surface area contributed by atoms with E-state index < -0.39 is 23.8 Å². The first-order chi connectivity index (χ1) is 7.30. The molecule has 0 fully saturated rings. The number of nitrogens with two attached hydrogens (primary N) is 1. The van der Waals surface area contributed by atoms with Crippen molar-refractivity contribution in [2.24, 2.45) is 5.73 Å². The first kappa shape index (κ1) is 12.4. The number of urea groups is 1. The second-order valence-corrected chi connectivity index (χ2v) is 3.35. The van der Waals surface area contributed by atoms with Crippen LogP contribution in [0.1, 0.15) is 24.1 Å². The summed E-state index contributed by atoms with van der Waals surface area (Å²) in [6, 6.07) is 3.42. The molecule has 88 valence electrons. The molecule has 0 bridgehead atoms. The average molecular weight is 232 g/mol. The highest BCUT2D eigenvalue weighted by Gasteiger charge is 2.30. The first-order valence-corrected chi connectivity index (χ1v) is 4.54. The van der Waals surface area contributed by atoms with Crippen LogP contribution in [0, 0.1) is 0 Å². The number of halogens is 3. The van der Waals surface area contributed by atoms with Crippen molar-refractivity contribution in [3.05, 3.63) is 35.4 Å². The molecule has 0 aliphatic heterocycles. The highest BCUT2D eigenvalue weighted by molar-refractivity contribution is 5.72. The number of carbonyl (C=O) groups excluding carboxylic acids is 1. The lowest BCUT2D eigenvalue weighted by molar-refractivity contribution is -0.137. The maximum absolute atomic E-state index is 12.2. The second kappa shape index (κ2) is 4.42. The van der Waals surface area contributed by atoms with Crippen molar-refractivity contribution in [1.82, 2.24) is 5.32 Å². The third-order valence-corrected chi connectivity index (χ3v) is 2.10. The summed E-state index contributed by atoms with van der Waals surface area (Å²) in [5.74, 6) is 0. The monoisotopic (exact) mass is 232 g/mol. The molecule has 0 heterocycles. The van der Waals surface area contributed by atoms with E-state index in [4.69, 9.17) is 5.73 Å². The van der Waals surface area contributed by atoms with Crippen molar-refractivity contribution in [3.63, 3.8) is 0 Å². The van der Waals surface area contributed by atoms with Crippen molar-refractivity contribution < 1.29 is 18.0 Å². The van der Waals surface area contributed by atoms with Gasteiger partial charge < -0.3 is 11.1 Å². The third-order valence-electron chi connectivity index (χ3n) is 2.10. The fraction of sp³-hybridized carbons (Fsp3) is 0.300. The number of carbonyl (C=O) groups is 1. The molecule has 16 heavy (non-hydrogen) atoms. The normalized spacial score (nSPS) is 13.2. The van der Waals surface area contributed by atoms with Gasteiger partial charge in [0.05, 0.1) is 11.6 Å². The minimum atomic E-state index is -4.35. The summed E-state index contributed by atoms with van der Waals surface area (Å²) >= 11 is 0.